The molecule has 0 spiro atoms. The van der Waals surface area contributed by atoms with Crippen molar-refractivity contribution >= 4 is 5.91 Å². The molecule has 0 atom stereocenters. The summed E-state index contributed by atoms with van der Waals surface area (Å²) in [6.45, 7) is 2.66. The van der Waals surface area contributed by atoms with E-state index in [-0.39, 0.29) is 5.91 Å². The molecular formula is C12H19N3O2. The molecule has 0 radical (unpaired) electrons. The van der Waals surface area contributed by atoms with E-state index in [2.05, 4.69) is 15.6 Å². The number of oxazole rings is 1. The van der Waals surface area contributed by atoms with Gasteiger partial charge < -0.3 is 9.73 Å². The lowest BCUT2D eigenvalue weighted by atomic mass is 10.2. The fourth-order valence-electron chi connectivity index (χ4n) is 2.11. The second-order valence-corrected chi connectivity index (χ2v) is 4.52. The van der Waals surface area contributed by atoms with Gasteiger partial charge in [0.2, 0.25) is 11.8 Å². The highest BCUT2D eigenvalue weighted by Gasteiger charge is 2.16. The Labute approximate surface area is 101 Å². The molecule has 1 aromatic heterocycles. The zero-order chi connectivity index (χ0) is 12.1. The molecule has 1 aliphatic carbocycles. The Morgan fingerprint density at radius 2 is 2.29 bits per heavy atom. The molecule has 94 valence electrons. The number of aromatic nitrogens is 1. The van der Waals surface area contributed by atoms with Gasteiger partial charge in [-0.2, -0.15) is 0 Å². The van der Waals surface area contributed by atoms with Crippen molar-refractivity contribution in [2.24, 2.45) is 0 Å². The van der Waals surface area contributed by atoms with Crippen molar-refractivity contribution < 1.29 is 9.21 Å². The number of hydrogen-bond acceptors (Lipinski definition) is 4. The number of nitrogens with zero attached hydrogens (tertiary/aromatic N) is 1. The first kappa shape index (κ1) is 12.1. The summed E-state index contributed by atoms with van der Waals surface area (Å²) < 4.78 is 5.29. The molecule has 2 rings (SSSR count). The van der Waals surface area contributed by atoms with E-state index in [9.17, 15) is 4.79 Å². The van der Waals surface area contributed by atoms with Crippen molar-refractivity contribution in [3.8, 4) is 0 Å². The van der Waals surface area contributed by atoms with Crippen molar-refractivity contribution in [1.82, 2.24) is 15.6 Å². The number of aryl methyl sites for hydroxylation is 1. The van der Waals surface area contributed by atoms with Gasteiger partial charge in [0.15, 0.2) is 0 Å². The molecule has 1 aliphatic rings. The smallest absolute Gasteiger partial charge is 0.234 e. The van der Waals surface area contributed by atoms with Gasteiger partial charge in [0, 0.05) is 6.04 Å². The minimum Gasteiger partial charge on any atom is -0.445 e. The third kappa shape index (κ3) is 3.85. The summed E-state index contributed by atoms with van der Waals surface area (Å²) in [6, 6.07) is 0.383. The van der Waals surface area contributed by atoms with Crippen LogP contribution >= 0.6 is 0 Å². The van der Waals surface area contributed by atoms with Crippen LogP contribution < -0.4 is 10.6 Å². The average Bonchev–Trinajstić information content (AvgIpc) is 2.90. The maximum atomic E-state index is 11.6. The fourth-order valence-corrected chi connectivity index (χ4v) is 2.11. The molecule has 0 bridgehead atoms. The Hall–Kier alpha value is -1.36. The van der Waals surface area contributed by atoms with Crippen LogP contribution in [0.25, 0.3) is 0 Å². The summed E-state index contributed by atoms with van der Waals surface area (Å²) in [5, 5.41) is 6.04. The van der Waals surface area contributed by atoms with Crippen LogP contribution in [0, 0.1) is 6.92 Å². The molecule has 5 heteroatoms. The van der Waals surface area contributed by atoms with E-state index in [4.69, 9.17) is 4.42 Å². The summed E-state index contributed by atoms with van der Waals surface area (Å²) in [7, 11) is 0. The molecule has 5 nitrogen and oxygen atoms in total. The Balaban J connectivity index is 1.62. The van der Waals surface area contributed by atoms with Gasteiger partial charge in [0.25, 0.3) is 0 Å². The standard InChI is InChI=1S/C12H19N3O2/c1-9-6-14-12(17-9)8-13-7-11(16)15-10-4-2-3-5-10/h6,10,13H,2-5,7-8H2,1H3,(H,15,16). The highest BCUT2D eigenvalue weighted by atomic mass is 16.4. The predicted octanol–water partition coefficient (Wildman–Crippen LogP) is 1.13. The molecule has 1 heterocycles. The summed E-state index contributed by atoms with van der Waals surface area (Å²) in [5.74, 6) is 1.47. The van der Waals surface area contributed by atoms with Crippen LogP contribution in [0.15, 0.2) is 10.6 Å². The number of amides is 1. The predicted molar refractivity (Wildman–Crippen MR) is 63.3 cm³/mol. The molecule has 0 aromatic carbocycles. The van der Waals surface area contributed by atoms with Gasteiger partial charge in [-0.15, -0.1) is 0 Å². The summed E-state index contributed by atoms with van der Waals surface area (Å²) in [6.07, 6.45) is 6.37. The second-order valence-electron chi connectivity index (χ2n) is 4.52. The Morgan fingerprint density at radius 1 is 1.53 bits per heavy atom. The highest BCUT2D eigenvalue weighted by molar-refractivity contribution is 5.78. The van der Waals surface area contributed by atoms with E-state index < -0.39 is 0 Å². The van der Waals surface area contributed by atoms with Gasteiger partial charge in [-0.25, -0.2) is 4.98 Å². The van der Waals surface area contributed by atoms with Gasteiger partial charge in [0.05, 0.1) is 19.3 Å². The monoisotopic (exact) mass is 237 g/mol. The maximum absolute atomic E-state index is 11.6. The number of hydrogen-bond donors (Lipinski definition) is 2. The zero-order valence-corrected chi connectivity index (χ0v) is 10.2. The lowest BCUT2D eigenvalue weighted by Crippen LogP contribution is -2.38. The highest BCUT2D eigenvalue weighted by Crippen LogP contribution is 2.17. The van der Waals surface area contributed by atoms with E-state index in [1.54, 1.807) is 6.20 Å². The van der Waals surface area contributed by atoms with Crippen molar-refractivity contribution in [3.63, 3.8) is 0 Å². The van der Waals surface area contributed by atoms with Gasteiger partial charge in [-0.05, 0) is 19.8 Å². The molecular weight excluding hydrogens is 218 g/mol. The largest absolute Gasteiger partial charge is 0.445 e. The van der Waals surface area contributed by atoms with Crippen molar-refractivity contribution in [1.29, 1.82) is 0 Å². The summed E-state index contributed by atoms with van der Waals surface area (Å²) in [5.41, 5.74) is 0. The second kappa shape index (κ2) is 5.82. The van der Waals surface area contributed by atoms with E-state index in [0.29, 0.717) is 25.0 Å². The molecule has 1 fully saturated rings. The fraction of sp³-hybridized carbons (Fsp3) is 0.667. The number of carbonyl (C=O) groups excluding carboxylic acids is 1. The zero-order valence-electron chi connectivity index (χ0n) is 10.2. The van der Waals surface area contributed by atoms with Gasteiger partial charge in [-0.1, -0.05) is 12.8 Å². The average molecular weight is 237 g/mol. The summed E-state index contributed by atoms with van der Waals surface area (Å²) in [4.78, 5) is 15.6. The minimum atomic E-state index is 0.0557. The van der Waals surface area contributed by atoms with E-state index in [1.807, 2.05) is 6.92 Å². The van der Waals surface area contributed by atoms with Gasteiger partial charge in [0.1, 0.15) is 5.76 Å². The first-order chi connectivity index (χ1) is 8.24. The number of nitrogens with one attached hydrogen (secondary N) is 2. The molecule has 2 N–H and O–H groups in total. The van der Waals surface area contributed by atoms with Crippen LogP contribution in [0.3, 0.4) is 0 Å². The topological polar surface area (TPSA) is 67.2 Å². The van der Waals surface area contributed by atoms with Crippen LogP contribution in [0.2, 0.25) is 0 Å². The van der Waals surface area contributed by atoms with E-state index in [1.165, 1.54) is 12.8 Å². The molecule has 1 aromatic rings. The molecule has 0 saturated heterocycles. The Morgan fingerprint density at radius 3 is 2.94 bits per heavy atom. The SMILES string of the molecule is Cc1cnc(CNCC(=O)NC2CCCC2)o1. The number of rotatable bonds is 5. The maximum Gasteiger partial charge on any atom is 0.234 e. The van der Waals surface area contributed by atoms with E-state index in [0.717, 1.165) is 18.6 Å². The molecule has 0 unspecified atom stereocenters. The van der Waals surface area contributed by atoms with Crippen LogP contribution in [-0.4, -0.2) is 23.5 Å². The van der Waals surface area contributed by atoms with Crippen LogP contribution in [0.1, 0.15) is 37.3 Å². The quantitative estimate of drug-likeness (QED) is 0.805. The number of carbonyl (C=O) groups is 1. The van der Waals surface area contributed by atoms with Gasteiger partial charge in [-0.3, -0.25) is 10.1 Å². The molecule has 17 heavy (non-hydrogen) atoms. The van der Waals surface area contributed by atoms with Crippen LogP contribution in [0.5, 0.6) is 0 Å². The lowest BCUT2D eigenvalue weighted by Gasteiger charge is -2.11. The van der Waals surface area contributed by atoms with Gasteiger partial charge >= 0.3 is 0 Å². The van der Waals surface area contributed by atoms with Crippen LogP contribution in [-0.2, 0) is 11.3 Å². The molecule has 1 saturated carbocycles. The Kier molecular flexibility index (Phi) is 4.14. The third-order valence-electron chi connectivity index (χ3n) is 2.95. The summed E-state index contributed by atoms with van der Waals surface area (Å²) >= 11 is 0. The van der Waals surface area contributed by atoms with Crippen molar-refractivity contribution in [3.05, 3.63) is 17.8 Å². The first-order valence-corrected chi connectivity index (χ1v) is 6.15. The lowest BCUT2D eigenvalue weighted by molar-refractivity contribution is -0.120. The van der Waals surface area contributed by atoms with Crippen molar-refractivity contribution in [2.45, 2.75) is 45.2 Å². The Bertz CT molecular complexity index is 370. The molecule has 1 amide bonds. The molecule has 0 aliphatic heterocycles. The van der Waals surface area contributed by atoms with Crippen molar-refractivity contribution in [2.75, 3.05) is 6.54 Å². The minimum absolute atomic E-state index is 0.0557. The first-order valence-electron chi connectivity index (χ1n) is 6.15. The normalized spacial score (nSPS) is 16.3. The third-order valence-corrected chi connectivity index (χ3v) is 2.95. The van der Waals surface area contributed by atoms with Crippen LogP contribution in [0.4, 0.5) is 0 Å². The van der Waals surface area contributed by atoms with E-state index >= 15 is 0 Å².